The van der Waals surface area contributed by atoms with Crippen molar-refractivity contribution in [2.24, 2.45) is 0 Å². The molecule has 14 heavy (non-hydrogen) atoms. The maximum Gasteiger partial charge on any atom is -0.00168 e. The van der Waals surface area contributed by atoms with Crippen molar-refractivity contribution in [3.63, 3.8) is 0 Å². The Hall–Kier alpha value is -1.56. The van der Waals surface area contributed by atoms with Crippen molar-refractivity contribution in [2.75, 3.05) is 0 Å². The third kappa shape index (κ3) is 1.15. The van der Waals surface area contributed by atoms with Crippen molar-refractivity contribution < 1.29 is 0 Å². The van der Waals surface area contributed by atoms with Crippen molar-refractivity contribution in [3.8, 4) is 0 Å². The molecule has 0 N–H and O–H groups in total. The number of benzene rings is 1. The highest BCUT2D eigenvalue weighted by Gasteiger charge is 2.14. The van der Waals surface area contributed by atoms with Gasteiger partial charge in [0, 0.05) is 0 Å². The smallest absolute Gasteiger partial charge is 0.00168 e. The molecule has 0 fully saturated rings. The van der Waals surface area contributed by atoms with Crippen LogP contribution in [0, 0.1) is 6.07 Å². The summed E-state index contributed by atoms with van der Waals surface area (Å²) < 4.78 is 0. The van der Waals surface area contributed by atoms with Gasteiger partial charge in [0.2, 0.25) is 0 Å². The summed E-state index contributed by atoms with van der Waals surface area (Å²) in [6.45, 7) is 0. The molecule has 0 bridgehead atoms. The van der Waals surface area contributed by atoms with E-state index in [0.717, 1.165) is 12.8 Å². The predicted molar refractivity (Wildman–Crippen MR) is 58.8 cm³/mol. The van der Waals surface area contributed by atoms with Crippen molar-refractivity contribution >= 4 is 6.08 Å². The zero-order valence-corrected chi connectivity index (χ0v) is 7.96. The molecule has 1 aromatic carbocycles. The summed E-state index contributed by atoms with van der Waals surface area (Å²) in [5, 5.41) is 0. The lowest BCUT2D eigenvalue weighted by Crippen LogP contribution is -2.04. The highest BCUT2D eigenvalue weighted by atomic mass is 14.2. The van der Waals surface area contributed by atoms with Crippen LogP contribution in [0.5, 0.6) is 0 Å². The van der Waals surface area contributed by atoms with Crippen LogP contribution in [-0.4, -0.2) is 0 Å². The van der Waals surface area contributed by atoms with Gasteiger partial charge in [0.25, 0.3) is 0 Å². The maximum absolute atomic E-state index is 3.29. The van der Waals surface area contributed by atoms with Crippen LogP contribution in [0.25, 0.3) is 6.08 Å². The minimum Gasteiger partial charge on any atom is -0.0801 e. The summed E-state index contributed by atoms with van der Waals surface area (Å²) in [4.78, 5) is 0. The Morgan fingerprint density at radius 2 is 2.21 bits per heavy atom. The van der Waals surface area contributed by atoms with Crippen LogP contribution in [0.15, 0.2) is 47.6 Å². The standard InChI is InChI=1S/C14H11/c1-2-6-12-10-14-8-4-3-7-13(14)9-11(12)5-1/h1-5,7,10H,6,9H2. The average Bonchev–Trinajstić information content (AvgIpc) is 2.26. The molecule has 0 saturated carbocycles. The average molecular weight is 179 g/mol. The lowest BCUT2D eigenvalue weighted by Gasteiger charge is -2.20. The van der Waals surface area contributed by atoms with Crippen LogP contribution < -0.4 is 0 Å². The van der Waals surface area contributed by atoms with E-state index < -0.39 is 0 Å². The van der Waals surface area contributed by atoms with Gasteiger partial charge in [-0.1, -0.05) is 42.5 Å². The zero-order valence-electron chi connectivity index (χ0n) is 7.96. The number of allylic oxidation sites excluding steroid dienone is 5. The number of fused-ring (bicyclic) bond motifs is 2. The van der Waals surface area contributed by atoms with Gasteiger partial charge >= 0.3 is 0 Å². The second-order valence-corrected chi connectivity index (χ2v) is 3.78. The molecule has 0 unspecified atom stereocenters. The van der Waals surface area contributed by atoms with Gasteiger partial charge in [0.05, 0.1) is 0 Å². The van der Waals surface area contributed by atoms with Crippen LogP contribution in [0.3, 0.4) is 0 Å². The Bertz CT molecular complexity index is 459. The van der Waals surface area contributed by atoms with Gasteiger partial charge in [-0.25, -0.2) is 0 Å². The molecule has 0 spiro atoms. The SMILES string of the molecule is [c]1cccc2c1C=C1CC=CC=C1C2. The Morgan fingerprint density at radius 1 is 1.21 bits per heavy atom. The summed E-state index contributed by atoms with van der Waals surface area (Å²) >= 11 is 0. The van der Waals surface area contributed by atoms with Gasteiger partial charge in [-0.3, -0.25) is 0 Å². The number of rotatable bonds is 0. The molecule has 0 atom stereocenters. The minimum atomic E-state index is 1.07. The van der Waals surface area contributed by atoms with E-state index in [1.165, 1.54) is 22.3 Å². The number of hydrogen-bond acceptors (Lipinski definition) is 0. The fraction of sp³-hybridized carbons (Fsp3) is 0.143. The first-order chi connectivity index (χ1) is 6.93. The Labute approximate surface area is 84.3 Å². The molecule has 0 aromatic heterocycles. The molecule has 0 heterocycles. The third-order valence-electron chi connectivity index (χ3n) is 2.86. The maximum atomic E-state index is 3.29. The van der Waals surface area contributed by atoms with Gasteiger partial charge in [0.15, 0.2) is 0 Å². The molecular formula is C14H11. The fourth-order valence-corrected chi connectivity index (χ4v) is 2.09. The van der Waals surface area contributed by atoms with Gasteiger partial charge < -0.3 is 0 Å². The second-order valence-electron chi connectivity index (χ2n) is 3.78. The van der Waals surface area contributed by atoms with E-state index in [4.69, 9.17) is 0 Å². The lowest BCUT2D eigenvalue weighted by atomic mass is 9.85. The van der Waals surface area contributed by atoms with E-state index in [2.05, 4.69) is 42.5 Å². The molecule has 1 aromatic rings. The monoisotopic (exact) mass is 179 g/mol. The van der Waals surface area contributed by atoms with E-state index in [1.807, 2.05) is 6.07 Å². The van der Waals surface area contributed by atoms with E-state index in [9.17, 15) is 0 Å². The molecule has 0 nitrogen and oxygen atoms in total. The first kappa shape index (κ1) is 7.81. The van der Waals surface area contributed by atoms with Gasteiger partial charge in [-0.05, 0) is 41.2 Å². The van der Waals surface area contributed by atoms with Crippen molar-refractivity contribution in [3.05, 3.63) is 64.8 Å². The van der Waals surface area contributed by atoms with Gasteiger partial charge in [0.1, 0.15) is 0 Å². The van der Waals surface area contributed by atoms with E-state index in [1.54, 1.807) is 0 Å². The normalized spacial score (nSPS) is 18.0. The third-order valence-corrected chi connectivity index (χ3v) is 2.86. The van der Waals surface area contributed by atoms with E-state index >= 15 is 0 Å². The molecule has 0 saturated heterocycles. The summed E-state index contributed by atoms with van der Waals surface area (Å²) in [5.41, 5.74) is 5.61. The molecule has 0 heteroatoms. The van der Waals surface area contributed by atoms with Crippen LogP contribution in [-0.2, 0) is 6.42 Å². The molecule has 67 valence electrons. The Morgan fingerprint density at radius 3 is 3.21 bits per heavy atom. The largest absolute Gasteiger partial charge is 0.0801 e. The van der Waals surface area contributed by atoms with Crippen LogP contribution in [0.4, 0.5) is 0 Å². The van der Waals surface area contributed by atoms with Gasteiger partial charge in [-0.15, -0.1) is 0 Å². The highest BCUT2D eigenvalue weighted by Crippen LogP contribution is 2.31. The first-order valence-corrected chi connectivity index (χ1v) is 5.00. The van der Waals surface area contributed by atoms with Crippen LogP contribution >= 0.6 is 0 Å². The zero-order chi connectivity index (χ0) is 9.38. The van der Waals surface area contributed by atoms with E-state index in [-0.39, 0.29) is 0 Å². The fourth-order valence-electron chi connectivity index (χ4n) is 2.09. The van der Waals surface area contributed by atoms with Crippen molar-refractivity contribution in [2.45, 2.75) is 12.8 Å². The topological polar surface area (TPSA) is 0 Å². The Kier molecular flexibility index (Phi) is 1.66. The Balaban J connectivity index is 2.15. The second kappa shape index (κ2) is 2.98. The predicted octanol–water partition coefficient (Wildman–Crippen LogP) is 3.31. The van der Waals surface area contributed by atoms with Crippen molar-refractivity contribution in [1.82, 2.24) is 0 Å². The quantitative estimate of drug-likeness (QED) is 0.573. The van der Waals surface area contributed by atoms with Crippen LogP contribution in [0.2, 0.25) is 0 Å². The molecule has 1 radical (unpaired) electrons. The van der Waals surface area contributed by atoms with E-state index in [0.29, 0.717) is 0 Å². The summed E-state index contributed by atoms with van der Waals surface area (Å²) in [6, 6.07) is 9.54. The molecule has 2 aliphatic carbocycles. The lowest BCUT2D eigenvalue weighted by molar-refractivity contribution is 1.06. The first-order valence-electron chi connectivity index (χ1n) is 5.00. The van der Waals surface area contributed by atoms with Crippen molar-refractivity contribution in [1.29, 1.82) is 0 Å². The minimum absolute atomic E-state index is 1.07. The molecule has 3 rings (SSSR count). The highest BCUT2D eigenvalue weighted by molar-refractivity contribution is 5.67. The number of hydrogen-bond donors (Lipinski definition) is 0. The molecule has 0 aliphatic heterocycles. The molecule has 2 aliphatic rings. The van der Waals surface area contributed by atoms with Crippen LogP contribution in [0.1, 0.15) is 17.5 Å². The molecule has 0 amide bonds. The summed E-state index contributed by atoms with van der Waals surface area (Å²) in [7, 11) is 0. The summed E-state index contributed by atoms with van der Waals surface area (Å²) in [6.07, 6.45) is 11.0. The summed E-state index contributed by atoms with van der Waals surface area (Å²) in [5.74, 6) is 0. The van der Waals surface area contributed by atoms with Gasteiger partial charge in [-0.2, -0.15) is 0 Å². The molecular weight excluding hydrogens is 168 g/mol.